The maximum Gasteiger partial charge on any atom is 0.441 e. The van der Waals surface area contributed by atoms with Crippen molar-refractivity contribution in [2.24, 2.45) is 11.3 Å². The van der Waals surface area contributed by atoms with Crippen LogP contribution in [0.2, 0.25) is 0 Å². The third-order valence-electron chi connectivity index (χ3n) is 3.28. The van der Waals surface area contributed by atoms with E-state index in [4.69, 9.17) is 0 Å². The Morgan fingerprint density at radius 3 is 2.38 bits per heavy atom. The minimum atomic E-state index is -4.08. The number of halogens is 3. The Kier molecular flexibility index (Phi) is 4.98. The lowest BCUT2D eigenvalue weighted by Crippen LogP contribution is -2.34. The molecule has 1 nitrogen and oxygen atoms in total. The largest absolute Gasteiger partial charge is 0.441 e. The summed E-state index contributed by atoms with van der Waals surface area (Å²) in [6.07, 6.45) is 3.01. The van der Waals surface area contributed by atoms with Crippen molar-refractivity contribution in [3.63, 3.8) is 0 Å². The molecule has 0 heterocycles. The molecule has 0 bridgehead atoms. The summed E-state index contributed by atoms with van der Waals surface area (Å²) in [5.41, 5.74) is -4.03. The Hall–Kier alpha value is 0.100. The third kappa shape index (κ3) is 4.95. The monoisotopic (exact) mass is 255 g/mol. The van der Waals surface area contributed by atoms with E-state index in [1.807, 2.05) is 6.92 Å². The highest BCUT2D eigenvalue weighted by molar-refractivity contribution is 8.00. The predicted octanol–water partition coefficient (Wildman–Crippen LogP) is 3.66. The topological polar surface area (TPSA) is 12.0 Å². The molecule has 0 aromatic heterocycles. The Labute approximate surface area is 99.6 Å². The van der Waals surface area contributed by atoms with Crippen molar-refractivity contribution in [1.82, 2.24) is 5.32 Å². The van der Waals surface area contributed by atoms with Gasteiger partial charge in [0.05, 0.1) is 0 Å². The zero-order valence-electron chi connectivity index (χ0n) is 9.86. The van der Waals surface area contributed by atoms with Gasteiger partial charge in [-0.2, -0.15) is 13.2 Å². The minimum absolute atomic E-state index is 0.0499. The van der Waals surface area contributed by atoms with Crippen molar-refractivity contribution < 1.29 is 13.2 Å². The van der Waals surface area contributed by atoms with Gasteiger partial charge >= 0.3 is 5.51 Å². The average Bonchev–Trinajstić information content (AvgIpc) is 2.95. The van der Waals surface area contributed by atoms with E-state index < -0.39 is 5.51 Å². The van der Waals surface area contributed by atoms with E-state index in [9.17, 15) is 13.2 Å². The summed E-state index contributed by atoms with van der Waals surface area (Å²) in [6, 6.07) is 0. The van der Waals surface area contributed by atoms with Crippen LogP contribution in [0.25, 0.3) is 0 Å². The van der Waals surface area contributed by atoms with Crippen LogP contribution in [-0.2, 0) is 0 Å². The molecule has 0 aromatic carbocycles. The molecule has 0 amide bonds. The normalized spacial score (nSPS) is 20.8. The van der Waals surface area contributed by atoms with Crippen LogP contribution in [0, 0.1) is 11.3 Å². The second-order valence-electron chi connectivity index (χ2n) is 4.75. The van der Waals surface area contributed by atoms with Gasteiger partial charge in [-0.3, -0.25) is 0 Å². The lowest BCUT2D eigenvalue weighted by atomic mass is 9.82. The van der Waals surface area contributed by atoms with Gasteiger partial charge < -0.3 is 5.32 Å². The molecule has 1 rings (SSSR count). The molecule has 0 saturated heterocycles. The lowest BCUT2D eigenvalue weighted by Gasteiger charge is -2.30. The quantitative estimate of drug-likeness (QED) is 0.745. The summed E-state index contributed by atoms with van der Waals surface area (Å²) in [4.78, 5) is 0. The maximum absolute atomic E-state index is 12.0. The first kappa shape index (κ1) is 14.2. The summed E-state index contributed by atoms with van der Waals surface area (Å²) in [7, 11) is 0. The fourth-order valence-electron chi connectivity index (χ4n) is 2.03. The van der Waals surface area contributed by atoms with E-state index in [-0.39, 0.29) is 22.9 Å². The summed E-state index contributed by atoms with van der Waals surface area (Å²) in [5, 5.41) is 3.27. The molecule has 5 heteroatoms. The van der Waals surface area contributed by atoms with E-state index in [0.717, 1.165) is 13.1 Å². The second kappa shape index (κ2) is 5.63. The maximum atomic E-state index is 12.0. The van der Waals surface area contributed by atoms with Crippen LogP contribution >= 0.6 is 11.8 Å². The highest BCUT2D eigenvalue weighted by Gasteiger charge is 2.41. The van der Waals surface area contributed by atoms with Crippen molar-refractivity contribution in [2.75, 3.05) is 18.8 Å². The van der Waals surface area contributed by atoms with Crippen LogP contribution in [0.4, 0.5) is 13.2 Å². The average molecular weight is 255 g/mol. The fourth-order valence-corrected chi connectivity index (χ4v) is 2.83. The first-order valence-electron chi connectivity index (χ1n) is 5.79. The van der Waals surface area contributed by atoms with Crippen molar-refractivity contribution in [2.45, 2.75) is 38.6 Å². The van der Waals surface area contributed by atoms with Crippen molar-refractivity contribution >= 4 is 11.8 Å². The van der Waals surface area contributed by atoms with Gasteiger partial charge in [-0.15, -0.1) is 0 Å². The number of thioether (sulfide) groups is 1. The molecule has 0 aliphatic heterocycles. The summed E-state index contributed by atoms with van der Waals surface area (Å²) in [5.74, 6) is 0.808. The predicted molar refractivity (Wildman–Crippen MR) is 62.5 cm³/mol. The number of alkyl halides is 3. The highest BCUT2D eigenvalue weighted by atomic mass is 32.2. The van der Waals surface area contributed by atoms with Crippen LogP contribution < -0.4 is 5.32 Å². The molecular formula is C11H20F3NS. The Morgan fingerprint density at radius 2 is 1.94 bits per heavy atom. The van der Waals surface area contributed by atoms with Gasteiger partial charge in [0.1, 0.15) is 0 Å². The van der Waals surface area contributed by atoms with E-state index in [2.05, 4.69) is 12.2 Å². The van der Waals surface area contributed by atoms with Gasteiger partial charge in [-0.05, 0) is 37.1 Å². The Bertz CT molecular complexity index is 216. The number of hydrogen-bond donors (Lipinski definition) is 1. The van der Waals surface area contributed by atoms with Crippen molar-refractivity contribution in [1.29, 1.82) is 0 Å². The summed E-state index contributed by atoms with van der Waals surface area (Å²) < 4.78 is 36.1. The smallest absolute Gasteiger partial charge is 0.316 e. The van der Waals surface area contributed by atoms with Gasteiger partial charge in [0.2, 0.25) is 0 Å². The first-order valence-corrected chi connectivity index (χ1v) is 6.77. The fraction of sp³-hybridized carbons (Fsp3) is 1.00. The molecular weight excluding hydrogens is 235 g/mol. The van der Waals surface area contributed by atoms with Crippen LogP contribution in [0.15, 0.2) is 0 Å². The number of nitrogens with one attached hydrogen (secondary N) is 1. The van der Waals surface area contributed by atoms with Crippen LogP contribution in [-0.4, -0.2) is 24.4 Å². The summed E-state index contributed by atoms with van der Waals surface area (Å²) in [6.45, 7) is 5.86. The van der Waals surface area contributed by atoms with E-state index >= 15 is 0 Å². The molecule has 1 aliphatic carbocycles. The molecule has 1 fully saturated rings. The molecule has 1 atom stereocenters. The van der Waals surface area contributed by atoms with E-state index in [1.165, 1.54) is 12.8 Å². The van der Waals surface area contributed by atoms with Crippen molar-refractivity contribution in [3.05, 3.63) is 0 Å². The van der Waals surface area contributed by atoms with Gasteiger partial charge in [0.15, 0.2) is 0 Å². The molecule has 1 aliphatic rings. The molecule has 96 valence electrons. The molecule has 16 heavy (non-hydrogen) atoms. The highest BCUT2D eigenvalue weighted by Crippen LogP contribution is 2.48. The van der Waals surface area contributed by atoms with E-state index in [0.29, 0.717) is 12.3 Å². The molecule has 1 unspecified atom stereocenters. The number of hydrogen-bond acceptors (Lipinski definition) is 2. The Morgan fingerprint density at radius 1 is 1.31 bits per heavy atom. The molecule has 0 radical (unpaired) electrons. The third-order valence-corrected chi connectivity index (χ3v) is 4.02. The molecule has 1 N–H and O–H groups in total. The van der Waals surface area contributed by atoms with Crippen LogP contribution in [0.5, 0.6) is 0 Å². The lowest BCUT2D eigenvalue weighted by molar-refractivity contribution is -0.0329. The van der Waals surface area contributed by atoms with Crippen LogP contribution in [0.1, 0.15) is 33.1 Å². The van der Waals surface area contributed by atoms with Crippen LogP contribution in [0.3, 0.4) is 0 Å². The minimum Gasteiger partial charge on any atom is -0.316 e. The standard InChI is InChI=1S/C11H20F3NS/c1-3-15-8-10(2,9-4-5-9)6-7-16-11(12,13)14/h9,15H,3-8H2,1-2H3. The number of rotatable bonds is 7. The van der Waals surface area contributed by atoms with Gasteiger partial charge in [0.25, 0.3) is 0 Å². The van der Waals surface area contributed by atoms with Crippen molar-refractivity contribution in [3.8, 4) is 0 Å². The zero-order valence-corrected chi connectivity index (χ0v) is 10.7. The molecule has 1 saturated carbocycles. The van der Waals surface area contributed by atoms with Gasteiger partial charge in [-0.1, -0.05) is 25.6 Å². The second-order valence-corrected chi connectivity index (χ2v) is 5.91. The SMILES string of the molecule is CCNCC(C)(CCSC(F)(F)F)C1CC1. The van der Waals surface area contributed by atoms with Gasteiger partial charge in [-0.25, -0.2) is 0 Å². The van der Waals surface area contributed by atoms with E-state index in [1.54, 1.807) is 0 Å². The Balaban J connectivity index is 2.33. The van der Waals surface area contributed by atoms with Gasteiger partial charge in [0, 0.05) is 12.3 Å². The first-order chi connectivity index (χ1) is 7.37. The molecule has 0 aromatic rings. The summed E-state index contributed by atoms with van der Waals surface area (Å²) >= 11 is 0.111. The molecule has 0 spiro atoms. The zero-order chi connectivity index (χ0) is 12.2.